The van der Waals surface area contributed by atoms with E-state index in [2.05, 4.69) is 10.6 Å². The molecule has 2 amide bonds. The second-order valence-corrected chi connectivity index (χ2v) is 5.13. The van der Waals surface area contributed by atoms with Gasteiger partial charge in [-0.05, 0) is 38.0 Å². The zero-order valence-electron chi connectivity index (χ0n) is 16.1. The number of nitrogens with one attached hydrogen (secondary N) is 2. The molecule has 6 heteroatoms. The van der Waals surface area contributed by atoms with Gasteiger partial charge in [0.15, 0.2) is 0 Å². The Kier molecular flexibility index (Phi) is 15.7. The molecule has 0 saturated heterocycles. The van der Waals surface area contributed by atoms with Crippen molar-refractivity contribution in [2.45, 2.75) is 46.5 Å². The molecule has 0 spiro atoms. The Morgan fingerprint density at radius 2 is 1.92 bits per heavy atom. The van der Waals surface area contributed by atoms with Crippen LogP contribution in [0.5, 0.6) is 0 Å². The summed E-state index contributed by atoms with van der Waals surface area (Å²) in [4.78, 5) is 23.1. The first kappa shape index (κ1) is 23.5. The molecular weight excluding hydrogens is 332 g/mol. The molecule has 6 nitrogen and oxygen atoms in total. The summed E-state index contributed by atoms with van der Waals surface area (Å²) in [7, 11) is 0. The highest BCUT2D eigenvalue weighted by Gasteiger charge is 2.03. The van der Waals surface area contributed by atoms with Crippen molar-refractivity contribution in [2.75, 3.05) is 19.7 Å². The van der Waals surface area contributed by atoms with Gasteiger partial charge in [-0.15, -0.1) is 0 Å². The number of carbonyl (C=O) groups is 2. The Bertz CT molecular complexity index is 522. The smallest absolute Gasteiger partial charge is 0.243 e. The lowest BCUT2D eigenvalue weighted by atomic mass is 10.2. The van der Waals surface area contributed by atoms with E-state index in [1.807, 2.05) is 32.9 Å². The maximum absolute atomic E-state index is 11.6. The second-order valence-electron chi connectivity index (χ2n) is 5.13. The highest BCUT2D eigenvalue weighted by molar-refractivity contribution is 5.87. The van der Waals surface area contributed by atoms with Gasteiger partial charge in [-0.2, -0.15) is 0 Å². The summed E-state index contributed by atoms with van der Waals surface area (Å²) in [5, 5.41) is 5.64. The predicted octanol–water partition coefficient (Wildman–Crippen LogP) is 3.36. The number of ether oxygens (including phenoxy) is 1. The van der Waals surface area contributed by atoms with E-state index in [0.717, 1.165) is 18.6 Å². The lowest BCUT2D eigenvalue weighted by molar-refractivity contribution is -0.121. The maximum Gasteiger partial charge on any atom is 0.243 e. The highest BCUT2D eigenvalue weighted by atomic mass is 16.5. The largest absolute Gasteiger partial charge is 0.497 e. The fourth-order valence-corrected chi connectivity index (χ4v) is 1.89. The van der Waals surface area contributed by atoms with Gasteiger partial charge in [-0.3, -0.25) is 9.59 Å². The first-order valence-corrected chi connectivity index (χ1v) is 9.18. The molecule has 1 heterocycles. The number of hydrogen-bond donors (Lipinski definition) is 2. The average molecular weight is 364 g/mol. The van der Waals surface area contributed by atoms with Crippen LogP contribution in [0.2, 0.25) is 0 Å². The molecule has 2 N–H and O–H groups in total. The minimum absolute atomic E-state index is 0.0134. The SMILES string of the molecule is C/C=C\OC/C=C/C(=O)NCCCCNC(=O)CCc1ccco1.CC. The number of unbranched alkanes of at least 4 members (excludes halogenated alkanes) is 1. The van der Waals surface area contributed by atoms with Crippen LogP contribution in [-0.4, -0.2) is 31.5 Å². The fourth-order valence-electron chi connectivity index (χ4n) is 1.89. The van der Waals surface area contributed by atoms with Crippen molar-refractivity contribution in [2.24, 2.45) is 0 Å². The van der Waals surface area contributed by atoms with Gasteiger partial charge in [-0.1, -0.05) is 19.9 Å². The van der Waals surface area contributed by atoms with Gasteiger partial charge in [0, 0.05) is 32.0 Å². The molecule has 0 atom stereocenters. The van der Waals surface area contributed by atoms with E-state index < -0.39 is 0 Å². The van der Waals surface area contributed by atoms with Crippen LogP contribution in [0.3, 0.4) is 0 Å². The maximum atomic E-state index is 11.6. The Morgan fingerprint density at radius 3 is 2.58 bits per heavy atom. The minimum Gasteiger partial charge on any atom is -0.497 e. The van der Waals surface area contributed by atoms with Gasteiger partial charge >= 0.3 is 0 Å². The summed E-state index contributed by atoms with van der Waals surface area (Å²) < 4.78 is 10.2. The van der Waals surface area contributed by atoms with E-state index in [1.165, 1.54) is 6.08 Å². The van der Waals surface area contributed by atoms with Crippen LogP contribution in [0.15, 0.2) is 47.3 Å². The zero-order valence-corrected chi connectivity index (χ0v) is 16.1. The monoisotopic (exact) mass is 364 g/mol. The number of amides is 2. The molecular formula is C20H32N2O4. The fraction of sp³-hybridized carbons (Fsp3) is 0.500. The molecule has 0 aromatic carbocycles. The summed E-state index contributed by atoms with van der Waals surface area (Å²) in [6, 6.07) is 3.67. The van der Waals surface area contributed by atoms with Crippen LogP contribution in [0.25, 0.3) is 0 Å². The lowest BCUT2D eigenvalue weighted by Crippen LogP contribution is -2.26. The first-order valence-electron chi connectivity index (χ1n) is 9.18. The number of allylic oxidation sites excluding steroid dienone is 1. The van der Waals surface area contributed by atoms with Crippen LogP contribution in [0.1, 0.15) is 45.8 Å². The van der Waals surface area contributed by atoms with Crippen molar-refractivity contribution in [1.29, 1.82) is 0 Å². The zero-order chi connectivity index (χ0) is 19.5. The Labute approximate surface area is 156 Å². The Balaban J connectivity index is 0.00000301. The van der Waals surface area contributed by atoms with E-state index in [4.69, 9.17) is 9.15 Å². The van der Waals surface area contributed by atoms with Crippen LogP contribution in [0.4, 0.5) is 0 Å². The van der Waals surface area contributed by atoms with Crippen molar-refractivity contribution < 1.29 is 18.7 Å². The molecule has 0 aliphatic carbocycles. The summed E-state index contributed by atoms with van der Waals surface area (Å²) in [6.45, 7) is 7.43. The lowest BCUT2D eigenvalue weighted by Gasteiger charge is -2.05. The van der Waals surface area contributed by atoms with Crippen molar-refractivity contribution in [3.8, 4) is 0 Å². The summed E-state index contributed by atoms with van der Waals surface area (Å²) in [5.41, 5.74) is 0. The number of carbonyl (C=O) groups excluding carboxylic acids is 2. The molecule has 0 radical (unpaired) electrons. The third kappa shape index (κ3) is 13.9. The Hall–Kier alpha value is -2.50. The molecule has 0 saturated carbocycles. The average Bonchev–Trinajstić information content (AvgIpc) is 3.18. The Morgan fingerprint density at radius 1 is 1.19 bits per heavy atom. The van der Waals surface area contributed by atoms with Crippen molar-refractivity contribution >= 4 is 11.8 Å². The summed E-state index contributed by atoms with van der Waals surface area (Å²) >= 11 is 0. The van der Waals surface area contributed by atoms with Crippen LogP contribution >= 0.6 is 0 Å². The van der Waals surface area contributed by atoms with E-state index >= 15 is 0 Å². The molecule has 0 unspecified atom stereocenters. The first-order chi connectivity index (χ1) is 12.7. The van der Waals surface area contributed by atoms with Gasteiger partial charge in [-0.25, -0.2) is 0 Å². The molecule has 1 aromatic rings. The summed E-state index contributed by atoms with van der Waals surface area (Å²) in [6.07, 6.45) is 10.7. The van der Waals surface area contributed by atoms with Gasteiger partial charge < -0.3 is 19.8 Å². The van der Waals surface area contributed by atoms with E-state index in [0.29, 0.717) is 32.5 Å². The van der Waals surface area contributed by atoms with Gasteiger partial charge in [0.05, 0.1) is 12.5 Å². The van der Waals surface area contributed by atoms with E-state index in [1.54, 1.807) is 24.7 Å². The predicted molar refractivity (Wildman–Crippen MR) is 104 cm³/mol. The van der Waals surface area contributed by atoms with E-state index in [9.17, 15) is 9.59 Å². The normalized spacial score (nSPS) is 10.4. The van der Waals surface area contributed by atoms with Crippen LogP contribution in [0, 0.1) is 0 Å². The third-order valence-electron chi connectivity index (χ3n) is 3.10. The van der Waals surface area contributed by atoms with Crippen LogP contribution < -0.4 is 10.6 Å². The van der Waals surface area contributed by atoms with Gasteiger partial charge in [0.1, 0.15) is 12.4 Å². The standard InChI is InChI=1S/C18H26N2O4.C2H6/c1-2-13-23-14-6-8-17(21)19-11-3-4-12-20-18(22)10-9-16-7-5-15-24-16;1-2/h2,5-8,13,15H,3-4,9-12,14H2,1H3,(H,19,21)(H,20,22);1-2H3/b8-6+,13-2-;. The van der Waals surface area contributed by atoms with E-state index in [-0.39, 0.29) is 11.8 Å². The molecule has 26 heavy (non-hydrogen) atoms. The number of rotatable bonds is 12. The quantitative estimate of drug-likeness (QED) is 0.339. The van der Waals surface area contributed by atoms with Crippen LogP contribution in [-0.2, 0) is 20.7 Å². The molecule has 0 bridgehead atoms. The summed E-state index contributed by atoms with van der Waals surface area (Å²) in [5.74, 6) is 0.693. The van der Waals surface area contributed by atoms with Crippen molar-refractivity contribution in [1.82, 2.24) is 10.6 Å². The minimum atomic E-state index is -0.137. The van der Waals surface area contributed by atoms with Crippen molar-refractivity contribution in [3.05, 3.63) is 48.6 Å². The molecule has 146 valence electrons. The topological polar surface area (TPSA) is 80.6 Å². The third-order valence-corrected chi connectivity index (χ3v) is 3.10. The highest BCUT2D eigenvalue weighted by Crippen LogP contribution is 2.03. The number of aryl methyl sites for hydroxylation is 1. The second kappa shape index (κ2) is 17.3. The molecule has 1 aromatic heterocycles. The van der Waals surface area contributed by atoms with Gasteiger partial charge in [0.25, 0.3) is 0 Å². The molecule has 0 aliphatic heterocycles. The van der Waals surface area contributed by atoms with Crippen molar-refractivity contribution in [3.63, 3.8) is 0 Å². The molecule has 0 aliphatic rings. The number of furan rings is 1. The number of hydrogen-bond acceptors (Lipinski definition) is 4. The molecule has 0 fully saturated rings. The molecule has 1 rings (SSSR count). The van der Waals surface area contributed by atoms with Gasteiger partial charge in [0.2, 0.25) is 11.8 Å².